The van der Waals surface area contributed by atoms with Gasteiger partial charge in [-0.15, -0.1) is 6.58 Å². The molecule has 0 saturated heterocycles. The highest BCUT2D eigenvalue weighted by atomic mass is 16.5. The van der Waals surface area contributed by atoms with E-state index in [9.17, 15) is 9.59 Å². The van der Waals surface area contributed by atoms with Gasteiger partial charge in [-0.05, 0) is 6.42 Å². The summed E-state index contributed by atoms with van der Waals surface area (Å²) in [5.74, 6) is -0.264. The van der Waals surface area contributed by atoms with Crippen LogP contribution < -0.4 is 5.32 Å². The molecule has 6 nitrogen and oxygen atoms in total. The van der Waals surface area contributed by atoms with Crippen LogP contribution in [0.4, 0.5) is 0 Å². The second-order valence-corrected chi connectivity index (χ2v) is 3.75. The Morgan fingerprint density at radius 2 is 2.05 bits per heavy atom. The first-order chi connectivity index (χ1) is 9.04. The molecule has 0 heterocycles. The van der Waals surface area contributed by atoms with Crippen molar-refractivity contribution in [2.24, 2.45) is 4.99 Å². The SMILES string of the molecule is C=CCCC(=O)N/C(=N/C)N(C)CC(=O)OCC=C. The number of hydrogen-bond acceptors (Lipinski definition) is 4. The molecule has 0 atom stereocenters. The summed E-state index contributed by atoms with van der Waals surface area (Å²) in [5.41, 5.74) is 0. The number of amides is 1. The number of esters is 1. The predicted molar refractivity (Wildman–Crippen MR) is 74.7 cm³/mol. The van der Waals surface area contributed by atoms with E-state index in [1.165, 1.54) is 18.0 Å². The fourth-order valence-electron chi connectivity index (χ4n) is 1.21. The Hall–Kier alpha value is -2.11. The maximum atomic E-state index is 11.5. The van der Waals surface area contributed by atoms with Crippen molar-refractivity contribution in [3.63, 3.8) is 0 Å². The lowest BCUT2D eigenvalue weighted by molar-refractivity contribution is -0.142. The molecular formula is C13H21N3O3. The quantitative estimate of drug-likeness (QED) is 0.319. The number of nitrogens with one attached hydrogen (secondary N) is 1. The third-order valence-electron chi connectivity index (χ3n) is 2.13. The molecule has 0 bridgehead atoms. The van der Waals surface area contributed by atoms with Crippen LogP contribution >= 0.6 is 0 Å². The van der Waals surface area contributed by atoms with Crippen LogP contribution in [0.3, 0.4) is 0 Å². The molecule has 106 valence electrons. The number of nitrogens with zero attached hydrogens (tertiary/aromatic N) is 2. The number of carbonyl (C=O) groups excluding carboxylic acids is 2. The maximum Gasteiger partial charge on any atom is 0.325 e. The van der Waals surface area contributed by atoms with E-state index in [0.717, 1.165) is 0 Å². The Balaban J connectivity index is 4.28. The van der Waals surface area contributed by atoms with Crippen molar-refractivity contribution in [1.29, 1.82) is 0 Å². The zero-order chi connectivity index (χ0) is 14.7. The number of allylic oxidation sites excluding steroid dienone is 1. The highest BCUT2D eigenvalue weighted by Crippen LogP contribution is 1.92. The minimum Gasteiger partial charge on any atom is -0.460 e. The van der Waals surface area contributed by atoms with Crippen LogP contribution in [0.2, 0.25) is 0 Å². The summed E-state index contributed by atoms with van der Waals surface area (Å²) >= 11 is 0. The average Bonchev–Trinajstić information content (AvgIpc) is 2.39. The van der Waals surface area contributed by atoms with Crippen molar-refractivity contribution in [1.82, 2.24) is 10.2 Å². The molecule has 1 amide bonds. The Morgan fingerprint density at radius 3 is 2.58 bits per heavy atom. The van der Waals surface area contributed by atoms with Gasteiger partial charge in [0.2, 0.25) is 11.9 Å². The van der Waals surface area contributed by atoms with Gasteiger partial charge in [-0.1, -0.05) is 18.7 Å². The van der Waals surface area contributed by atoms with Crippen LogP contribution in [0.5, 0.6) is 0 Å². The van der Waals surface area contributed by atoms with Gasteiger partial charge in [0.25, 0.3) is 0 Å². The third kappa shape index (κ3) is 7.75. The molecular weight excluding hydrogens is 246 g/mol. The lowest BCUT2D eigenvalue weighted by atomic mass is 10.3. The number of aliphatic imine (C=N–C) groups is 1. The van der Waals surface area contributed by atoms with E-state index in [2.05, 4.69) is 23.5 Å². The molecule has 1 N–H and O–H groups in total. The van der Waals surface area contributed by atoms with Crippen molar-refractivity contribution in [2.45, 2.75) is 12.8 Å². The van der Waals surface area contributed by atoms with E-state index in [1.54, 1.807) is 13.1 Å². The van der Waals surface area contributed by atoms with E-state index >= 15 is 0 Å². The van der Waals surface area contributed by atoms with Crippen molar-refractivity contribution in [3.8, 4) is 0 Å². The van der Waals surface area contributed by atoms with Crippen molar-refractivity contribution < 1.29 is 14.3 Å². The zero-order valence-electron chi connectivity index (χ0n) is 11.5. The molecule has 0 fully saturated rings. The second kappa shape index (κ2) is 9.87. The first kappa shape index (κ1) is 16.9. The molecule has 0 rings (SSSR count). The second-order valence-electron chi connectivity index (χ2n) is 3.75. The Labute approximate surface area is 113 Å². The summed E-state index contributed by atoms with van der Waals surface area (Å²) < 4.78 is 4.85. The normalized spacial score (nSPS) is 10.5. The average molecular weight is 267 g/mol. The fourth-order valence-corrected chi connectivity index (χ4v) is 1.21. The number of carbonyl (C=O) groups is 2. The van der Waals surface area contributed by atoms with E-state index in [0.29, 0.717) is 18.8 Å². The summed E-state index contributed by atoms with van der Waals surface area (Å²) in [7, 11) is 3.18. The van der Waals surface area contributed by atoms with Crippen LogP contribution in [0.15, 0.2) is 30.3 Å². The largest absolute Gasteiger partial charge is 0.460 e. The molecule has 0 aliphatic heterocycles. The van der Waals surface area contributed by atoms with Crippen LogP contribution in [0, 0.1) is 0 Å². The lowest BCUT2D eigenvalue weighted by Crippen LogP contribution is -2.44. The van der Waals surface area contributed by atoms with Gasteiger partial charge in [0.1, 0.15) is 13.2 Å². The van der Waals surface area contributed by atoms with Crippen LogP contribution in [-0.2, 0) is 14.3 Å². The molecule has 0 aliphatic rings. The van der Waals surface area contributed by atoms with Gasteiger partial charge >= 0.3 is 5.97 Å². The van der Waals surface area contributed by atoms with Gasteiger partial charge in [0.15, 0.2) is 0 Å². The Morgan fingerprint density at radius 1 is 1.37 bits per heavy atom. The van der Waals surface area contributed by atoms with E-state index < -0.39 is 5.97 Å². The first-order valence-electron chi connectivity index (χ1n) is 5.90. The number of likely N-dealkylation sites (N-methyl/N-ethyl adjacent to an activating group) is 1. The smallest absolute Gasteiger partial charge is 0.325 e. The molecule has 0 aromatic rings. The van der Waals surface area contributed by atoms with Gasteiger partial charge in [-0.25, -0.2) is 0 Å². The molecule has 0 aliphatic carbocycles. The minimum absolute atomic E-state index is 0.00223. The lowest BCUT2D eigenvalue weighted by Gasteiger charge is -2.20. The standard InChI is InChI=1S/C13H21N3O3/c1-5-7-8-11(17)15-13(14-3)16(4)10-12(18)19-9-6-2/h5-6H,1-2,7-10H2,3-4H3,(H,14,15,17). The zero-order valence-corrected chi connectivity index (χ0v) is 11.5. The third-order valence-corrected chi connectivity index (χ3v) is 2.13. The molecule has 0 saturated carbocycles. The van der Waals surface area contributed by atoms with Crippen molar-refractivity contribution in [2.75, 3.05) is 27.2 Å². The summed E-state index contributed by atoms with van der Waals surface area (Å²) in [4.78, 5) is 28.4. The molecule has 0 unspecified atom stereocenters. The van der Waals surface area contributed by atoms with Crippen LogP contribution in [-0.4, -0.2) is 50.0 Å². The summed E-state index contributed by atoms with van der Waals surface area (Å²) in [6, 6.07) is 0. The van der Waals surface area contributed by atoms with Gasteiger partial charge in [-0.3, -0.25) is 19.9 Å². The molecule has 19 heavy (non-hydrogen) atoms. The van der Waals surface area contributed by atoms with Crippen molar-refractivity contribution in [3.05, 3.63) is 25.3 Å². The van der Waals surface area contributed by atoms with Crippen LogP contribution in [0.25, 0.3) is 0 Å². The van der Waals surface area contributed by atoms with E-state index in [-0.39, 0.29) is 19.1 Å². The predicted octanol–water partition coefficient (Wildman–Crippen LogP) is 0.716. The summed E-state index contributed by atoms with van der Waals surface area (Å²) in [5, 5.41) is 2.62. The number of guanidine groups is 1. The summed E-state index contributed by atoms with van der Waals surface area (Å²) in [6.45, 7) is 7.16. The molecule has 6 heteroatoms. The number of rotatable bonds is 7. The maximum absolute atomic E-state index is 11.5. The van der Waals surface area contributed by atoms with E-state index in [1.807, 2.05) is 0 Å². The monoisotopic (exact) mass is 267 g/mol. The molecule has 0 spiro atoms. The Bertz CT molecular complexity index is 364. The number of hydrogen-bond donors (Lipinski definition) is 1. The van der Waals surface area contributed by atoms with Gasteiger partial charge in [0.05, 0.1) is 0 Å². The highest BCUT2D eigenvalue weighted by molar-refractivity contribution is 5.97. The number of ether oxygens (including phenoxy) is 1. The van der Waals surface area contributed by atoms with Crippen LogP contribution in [0.1, 0.15) is 12.8 Å². The van der Waals surface area contributed by atoms with Gasteiger partial charge in [-0.2, -0.15) is 0 Å². The van der Waals surface area contributed by atoms with Crippen molar-refractivity contribution >= 4 is 17.8 Å². The first-order valence-corrected chi connectivity index (χ1v) is 5.90. The fraction of sp³-hybridized carbons (Fsp3) is 0.462. The van der Waals surface area contributed by atoms with Gasteiger partial charge < -0.3 is 9.64 Å². The topological polar surface area (TPSA) is 71.0 Å². The molecule has 0 aromatic carbocycles. The highest BCUT2D eigenvalue weighted by Gasteiger charge is 2.13. The molecule has 0 aromatic heterocycles. The van der Waals surface area contributed by atoms with E-state index in [4.69, 9.17) is 4.74 Å². The summed E-state index contributed by atoms with van der Waals surface area (Å²) in [6.07, 6.45) is 4.08. The molecule has 0 radical (unpaired) electrons. The van der Waals surface area contributed by atoms with Gasteiger partial charge in [0, 0.05) is 20.5 Å². The Kier molecular flexibility index (Phi) is 8.78. The minimum atomic E-state index is -0.413.